The Labute approximate surface area is 144 Å². The summed E-state index contributed by atoms with van der Waals surface area (Å²) in [7, 11) is 0. The van der Waals surface area contributed by atoms with E-state index in [1.54, 1.807) is 0 Å². The monoisotopic (exact) mass is 387 g/mol. The number of ether oxygens (including phenoxy) is 1. The summed E-state index contributed by atoms with van der Waals surface area (Å²) in [4.78, 5) is 24.3. The van der Waals surface area contributed by atoms with Crippen LogP contribution in [0.15, 0.2) is 27.6 Å². The fraction of sp³-hybridized carbons (Fsp3) is 0.500. The van der Waals surface area contributed by atoms with Gasteiger partial charge in [0.05, 0.1) is 5.75 Å². The quantitative estimate of drug-likeness (QED) is 0.545. The van der Waals surface area contributed by atoms with E-state index >= 15 is 0 Å². The molecule has 0 aliphatic heterocycles. The Morgan fingerprint density at radius 3 is 2.77 bits per heavy atom. The zero-order chi connectivity index (χ0) is 16.5. The van der Waals surface area contributed by atoms with Crippen molar-refractivity contribution in [1.29, 1.82) is 0 Å². The lowest BCUT2D eigenvalue weighted by atomic mass is 10.2. The minimum Gasteiger partial charge on any atom is -0.455 e. The summed E-state index contributed by atoms with van der Waals surface area (Å²) in [5.41, 5.74) is 1.10. The van der Waals surface area contributed by atoms with Crippen LogP contribution >= 0.6 is 27.7 Å². The highest BCUT2D eigenvalue weighted by atomic mass is 79.9. The van der Waals surface area contributed by atoms with Crippen LogP contribution < -0.4 is 5.32 Å². The third-order valence-corrected chi connectivity index (χ3v) is 4.62. The summed E-state index contributed by atoms with van der Waals surface area (Å²) in [6, 6.07) is 5.99. The molecule has 0 fully saturated rings. The van der Waals surface area contributed by atoms with Gasteiger partial charge in [0.1, 0.15) is 0 Å². The van der Waals surface area contributed by atoms with E-state index in [1.165, 1.54) is 11.8 Å². The molecule has 0 bridgehead atoms. The number of nitrogens with one attached hydrogen (secondary N) is 1. The fourth-order valence-corrected chi connectivity index (χ4v) is 3.20. The van der Waals surface area contributed by atoms with E-state index in [4.69, 9.17) is 4.74 Å². The van der Waals surface area contributed by atoms with Crippen molar-refractivity contribution in [3.05, 3.63) is 28.2 Å². The normalized spacial score (nSPS) is 11.8. The summed E-state index contributed by atoms with van der Waals surface area (Å²) in [6.07, 6.45) is 1.92. The van der Waals surface area contributed by atoms with E-state index < -0.39 is 0 Å². The molecule has 6 heteroatoms. The molecule has 0 spiro atoms. The molecule has 1 amide bonds. The number of hydrogen-bond donors (Lipinski definition) is 1. The van der Waals surface area contributed by atoms with Gasteiger partial charge in [-0.25, -0.2) is 0 Å². The largest absolute Gasteiger partial charge is 0.455 e. The highest BCUT2D eigenvalue weighted by molar-refractivity contribution is 9.10. The molecule has 1 N–H and O–H groups in total. The van der Waals surface area contributed by atoms with Gasteiger partial charge in [-0.1, -0.05) is 29.3 Å². The van der Waals surface area contributed by atoms with E-state index in [-0.39, 0.29) is 30.3 Å². The van der Waals surface area contributed by atoms with Gasteiger partial charge in [-0.2, -0.15) is 0 Å². The highest BCUT2D eigenvalue weighted by Gasteiger charge is 2.11. The van der Waals surface area contributed by atoms with Crippen molar-refractivity contribution >= 4 is 39.6 Å². The molecule has 1 aromatic carbocycles. The topological polar surface area (TPSA) is 55.4 Å². The number of halogens is 1. The van der Waals surface area contributed by atoms with Crippen molar-refractivity contribution in [2.45, 2.75) is 44.6 Å². The Kier molecular flexibility index (Phi) is 8.56. The van der Waals surface area contributed by atoms with Crippen molar-refractivity contribution in [3.63, 3.8) is 0 Å². The first-order valence-electron chi connectivity index (χ1n) is 7.26. The molecule has 0 aliphatic carbocycles. The van der Waals surface area contributed by atoms with Crippen LogP contribution in [0.4, 0.5) is 0 Å². The molecular weight excluding hydrogens is 366 g/mol. The van der Waals surface area contributed by atoms with Crippen molar-refractivity contribution in [3.8, 4) is 0 Å². The molecule has 4 nitrogen and oxygen atoms in total. The number of esters is 1. The number of benzene rings is 1. The number of thioether (sulfide) groups is 1. The predicted molar refractivity (Wildman–Crippen MR) is 93.1 cm³/mol. The van der Waals surface area contributed by atoms with E-state index in [1.807, 2.05) is 32.0 Å². The second kappa shape index (κ2) is 9.90. The van der Waals surface area contributed by atoms with Gasteiger partial charge in [-0.15, -0.1) is 11.8 Å². The minimum absolute atomic E-state index is 0.107. The zero-order valence-electron chi connectivity index (χ0n) is 13.1. The molecule has 0 aromatic heterocycles. The second-order valence-electron chi connectivity index (χ2n) is 5.12. The Hall–Kier alpha value is -1.01. The Balaban J connectivity index is 2.30. The maximum Gasteiger partial charge on any atom is 0.316 e. The number of amides is 1. The molecule has 122 valence electrons. The molecule has 1 atom stereocenters. The third kappa shape index (κ3) is 7.31. The van der Waals surface area contributed by atoms with Crippen LogP contribution in [0.5, 0.6) is 0 Å². The number of aryl methyl sites for hydroxylation is 1. The molecule has 0 saturated carbocycles. The lowest BCUT2D eigenvalue weighted by Crippen LogP contribution is -2.35. The molecule has 0 heterocycles. The lowest BCUT2D eigenvalue weighted by molar-refractivity contribution is -0.146. The lowest BCUT2D eigenvalue weighted by Gasteiger charge is -2.12. The Bertz CT molecular complexity index is 522. The summed E-state index contributed by atoms with van der Waals surface area (Å²) >= 11 is 4.81. The van der Waals surface area contributed by atoms with Gasteiger partial charge in [0.15, 0.2) is 6.61 Å². The Morgan fingerprint density at radius 1 is 1.41 bits per heavy atom. The average molecular weight is 388 g/mol. The van der Waals surface area contributed by atoms with Crippen LogP contribution in [0.1, 0.15) is 32.3 Å². The summed E-state index contributed by atoms with van der Waals surface area (Å²) in [5.74, 6) is -0.440. The Morgan fingerprint density at radius 2 is 2.14 bits per heavy atom. The second-order valence-corrected chi connectivity index (χ2v) is 7.05. The van der Waals surface area contributed by atoms with Crippen LogP contribution in [0.25, 0.3) is 0 Å². The maximum absolute atomic E-state index is 11.7. The smallest absolute Gasteiger partial charge is 0.316 e. The van der Waals surface area contributed by atoms with Crippen molar-refractivity contribution in [2.24, 2.45) is 0 Å². The number of rotatable bonds is 8. The van der Waals surface area contributed by atoms with Crippen molar-refractivity contribution < 1.29 is 14.3 Å². The molecule has 22 heavy (non-hydrogen) atoms. The molecular formula is C16H22BrNO3S. The molecule has 0 saturated heterocycles. The first-order chi connectivity index (χ1) is 10.4. The van der Waals surface area contributed by atoms with E-state index in [9.17, 15) is 9.59 Å². The van der Waals surface area contributed by atoms with Gasteiger partial charge in [0.25, 0.3) is 5.91 Å². The van der Waals surface area contributed by atoms with Crippen LogP contribution in [-0.4, -0.2) is 30.3 Å². The molecule has 0 radical (unpaired) electrons. The van der Waals surface area contributed by atoms with Crippen LogP contribution in [0.2, 0.25) is 0 Å². The van der Waals surface area contributed by atoms with E-state index in [0.29, 0.717) is 0 Å². The minimum atomic E-state index is -0.384. The highest BCUT2D eigenvalue weighted by Crippen LogP contribution is 2.25. The van der Waals surface area contributed by atoms with Gasteiger partial charge in [0.2, 0.25) is 0 Å². The van der Waals surface area contributed by atoms with Crippen molar-refractivity contribution in [2.75, 3.05) is 12.4 Å². The van der Waals surface area contributed by atoms with Gasteiger partial charge in [-0.05, 0) is 44.0 Å². The maximum atomic E-state index is 11.7. The molecule has 1 aromatic rings. The first kappa shape index (κ1) is 19.0. The standard InChI is InChI=1S/C16H22BrNO3S/c1-4-5-12(3)18-15(19)9-21-16(20)10-22-14-7-6-13(17)8-11(14)2/h6-8,12H,4-5,9-10H2,1-3H3,(H,18,19)/t12-/m0/s1. The molecule has 1 rings (SSSR count). The number of carbonyl (C=O) groups excluding carboxylic acids is 2. The van der Waals surface area contributed by atoms with E-state index in [2.05, 4.69) is 28.2 Å². The molecule has 0 aliphatic rings. The molecule has 0 unspecified atom stereocenters. The fourth-order valence-electron chi connectivity index (χ4n) is 1.92. The van der Waals surface area contributed by atoms with Gasteiger partial charge in [-0.3, -0.25) is 9.59 Å². The average Bonchev–Trinajstić information content (AvgIpc) is 2.44. The van der Waals surface area contributed by atoms with E-state index in [0.717, 1.165) is 27.8 Å². The van der Waals surface area contributed by atoms with Crippen LogP contribution in [0.3, 0.4) is 0 Å². The third-order valence-electron chi connectivity index (χ3n) is 2.98. The summed E-state index contributed by atoms with van der Waals surface area (Å²) in [5, 5.41) is 2.80. The van der Waals surface area contributed by atoms with Gasteiger partial charge >= 0.3 is 5.97 Å². The van der Waals surface area contributed by atoms with Crippen molar-refractivity contribution in [1.82, 2.24) is 5.32 Å². The number of hydrogen-bond acceptors (Lipinski definition) is 4. The zero-order valence-corrected chi connectivity index (χ0v) is 15.6. The van der Waals surface area contributed by atoms with Gasteiger partial charge < -0.3 is 10.1 Å². The summed E-state index contributed by atoms with van der Waals surface area (Å²) in [6.45, 7) is 5.77. The SMILES string of the molecule is CCC[C@H](C)NC(=O)COC(=O)CSc1ccc(Br)cc1C. The first-order valence-corrected chi connectivity index (χ1v) is 9.04. The van der Waals surface area contributed by atoms with Crippen LogP contribution in [-0.2, 0) is 14.3 Å². The predicted octanol–water partition coefficient (Wildman–Crippen LogP) is 3.70. The van der Waals surface area contributed by atoms with Gasteiger partial charge in [0, 0.05) is 15.4 Å². The summed E-state index contributed by atoms with van der Waals surface area (Å²) < 4.78 is 6.00. The van der Waals surface area contributed by atoms with Crippen LogP contribution in [0, 0.1) is 6.92 Å². The number of carbonyl (C=O) groups is 2.